The SMILES string of the molecule is C=C(c1cc(C)c(O)c(C)c1)c1ccc(OC)c(OC)c1.CC(=O)O. The van der Waals surface area contributed by atoms with Crippen LogP contribution in [-0.2, 0) is 4.79 Å². The van der Waals surface area contributed by atoms with Crippen molar-refractivity contribution in [3.05, 3.63) is 59.2 Å². The van der Waals surface area contributed by atoms with Crippen molar-refractivity contribution in [2.24, 2.45) is 0 Å². The Labute approximate surface area is 148 Å². The van der Waals surface area contributed by atoms with Gasteiger partial charge in [0.25, 0.3) is 5.97 Å². The van der Waals surface area contributed by atoms with Crippen LogP contribution in [0.2, 0.25) is 0 Å². The van der Waals surface area contributed by atoms with E-state index in [0.29, 0.717) is 17.2 Å². The highest BCUT2D eigenvalue weighted by atomic mass is 16.5. The van der Waals surface area contributed by atoms with Crippen molar-refractivity contribution in [1.29, 1.82) is 0 Å². The van der Waals surface area contributed by atoms with Crippen molar-refractivity contribution in [2.45, 2.75) is 20.8 Å². The minimum atomic E-state index is -0.833. The summed E-state index contributed by atoms with van der Waals surface area (Å²) in [4.78, 5) is 9.00. The van der Waals surface area contributed by atoms with E-state index in [2.05, 4.69) is 6.58 Å². The molecule has 2 N–H and O–H groups in total. The van der Waals surface area contributed by atoms with E-state index in [9.17, 15) is 5.11 Å². The number of hydrogen-bond donors (Lipinski definition) is 2. The van der Waals surface area contributed by atoms with Crippen LogP contribution in [0.25, 0.3) is 5.57 Å². The Hall–Kier alpha value is -2.95. The molecule has 0 unspecified atom stereocenters. The fourth-order valence-electron chi connectivity index (χ4n) is 2.32. The van der Waals surface area contributed by atoms with E-state index in [4.69, 9.17) is 19.4 Å². The zero-order chi connectivity index (χ0) is 19.1. The van der Waals surface area contributed by atoms with Gasteiger partial charge in [-0.2, -0.15) is 0 Å². The number of aromatic hydroxyl groups is 1. The molecule has 0 spiro atoms. The van der Waals surface area contributed by atoms with Gasteiger partial charge in [-0.15, -0.1) is 0 Å². The predicted molar refractivity (Wildman–Crippen MR) is 98.6 cm³/mol. The van der Waals surface area contributed by atoms with Crippen molar-refractivity contribution in [3.8, 4) is 17.2 Å². The Morgan fingerprint density at radius 3 is 1.88 bits per heavy atom. The second-order valence-corrected chi connectivity index (χ2v) is 5.53. The van der Waals surface area contributed by atoms with Crippen LogP contribution in [0, 0.1) is 13.8 Å². The number of phenolic OH excluding ortho intramolecular Hbond substituents is 1. The zero-order valence-corrected chi connectivity index (χ0v) is 15.2. The quantitative estimate of drug-likeness (QED) is 0.870. The summed E-state index contributed by atoms with van der Waals surface area (Å²) >= 11 is 0. The number of phenols is 1. The standard InChI is InChI=1S/C18H20O3.C2H4O2/c1-11-8-15(9-12(2)18(11)19)13(3)14-6-7-16(20-4)17(10-14)21-5;1-2(3)4/h6-10,19H,3H2,1-2,4-5H3;1H3,(H,3,4). The largest absolute Gasteiger partial charge is 0.507 e. The fourth-order valence-corrected chi connectivity index (χ4v) is 2.32. The van der Waals surface area contributed by atoms with Crippen LogP contribution in [0.3, 0.4) is 0 Å². The highest BCUT2D eigenvalue weighted by Crippen LogP contribution is 2.34. The summed E-state index contributed by atoms with van der Waals surface area (Å²) in [5.74, 6) is 0.856. The van der Waals surface area contributed by atoms with Crippen LogP contribution in [0.15, 0.2) is 36.9 Å². The molecule has 0 aliphatic heterocycles. The van der Waals surface area contributed by atoms with Crippen LogP contribution in [-0.4, -0.2) is 30.4 Å². The monoisotopic (exact) mass is 344 g/mol. The molecule has 0 saturated carbocycles. The highest BCUT2D eigenvalue weighted by Gasteiger charge is 2.10. The van der Waals surface area contributed by atoms with Gasteiger partial charge in [-0.1, -0.05) is 12.6 Å². The first kappa shape index (κ1) is 20.1. The van der Waals surface area contributed by atoms with Crippen molar-refractivity contribution in [1.82, 2.24) is 0 Å². The first-order chi connectivity index (χ1) is 11.7. The Morgan fingerprint density at radius 1 is 0.960 bits per heavy atom. The minimum Gasteiger partial charge on any atom is -0.507 e. The van der Waals surface area contributed by atoms with Gasteiger partial charge < -0.3 is 19.7 Å². The lowest BCUT2D eigenvalue weighted by Gasteiger charge is -2.13. The molecule has 2 aromatic carbocycles. The number of carbonyl (C=O) groups is 1. The van der Waals surface area contributed by atoms with Gasteiger partial charge >= 0.3 is 0 Å². The molecule has 0 saturated heterocycles. The molecule has 25 heavy (non-hydrogen) atoms. The Bertz CT molecular complexity index is 751. The molecular weight excluding hydrogens is 320 g/mol. The fraction of sp³-hybridized carbons (Fsp3) is 0.250. The molecule has 5 heteroatoms. The van der Waals surface area contributed by atoms with Crippen molar-refractivity contribution in [2.75, 3.05) is 14.2 Å². The lowest BCUT2D eigenvalue weighted by Crippen LogP contribution is -1.94. The van der Waals surface area contributed by atoms with Gasteiger partial charge in [0.2, 0.25) is 0 Å². The van der Waals surface area contributed by atoms with Gasteiger partial charge in [0.1, 0.15) is 5.75 Å². The van der Waals surface area contributed by atoms with E-state index in [1.807, 2.05) is 44.2 Å². The average molecular weight is 344 g/mol. The number of carboxylic acid groups (broad SMARTS) is 1. The summed E-state index contributed by atoms with van der Waals surface area (Å²) < 4.78 is 10.6. The normalized spacial score (nSPS) is 9.64. The third kappa shape index (κ3) is 5.28. The number of hydrogen-bond acceptors (Lipinski definition) is 4. The number of aliphatic carboxylic acids is 1. The molecule has 0 radical (unpaired) electrons. The third-order valence-corrected chi connectivity index (χ3v) is 3.57. The van der Waals surface area contributed by atoms with Crippen LogP contribution < -0.4 is 9.47 Å². The topological polar surface area (TPSA) is 76.0 Å². The molecule has 0 bridgehead atoms. The molecule has 2 aromatic rings. The zero-order valence-electron chi connectivity index (χ0n) is 15.2. The molecule has 134 valence electrons. The molecule has 5 nitrogen and oxygen atoms in total. The number of benzene rings is 2. The molecular formula is C20H24O5. The summed E-state index contributed by atoms with van der Waals surface area (Å²) in [6.07, 6.45) is 0. The first-order valence-electron chi connectivity index (χ1n) is 7.62. The van der Waals surface area contributed by atoms with Crippen molar-refractivity contribution in [3.63, 3.8) is 0 Å². The molecule has 0 fully saturated rings. The van der Waals surface area contributed by atoms with Gasteiger partial charge in [-0.05, 0) is 65.9 Å². The van der Waals surface area contributed by atoms with Gasteiger partial charge in [-0.3, -0.25) is 4.79 Å². The molecule has 0 amide bonds. The Morgan fingerprint density at radius 2 is 1.44 bits per heavy atom. The van der Waals surface area contributed by atoms with Crippen LogP contribution in [0.1, 0.15) is 29.2 Å². The maximum absolute atomic E-state index is 9.87. The van der Waals surface area contributed by atoms with Gasteiger partial charge in [0, 0.05) is 6.92 Å². The predicted octanol–water partition coefficient (Wildman–Crippen LogP) is 4.18. The van der Waals surface area contributed by atoms with E-state index < -0.39 is 5.97 Å². The van der Waals surface area contributed by atoms with E-state index in [0.717, 1.165) is 34.8 Å². The number of ether oxygens (including phenoxy) is 2. The minimum absolute atomic E-state index is 0.332. The van der Waals surface area contributed by atoms with Crippen molar-refractivity contribution < 1.29 is 24.5 Å². The number of carboxylic acids is 1. The smallest absolute Gasteiger partial charge is 0.300 e. The van der Waals surface area contributed by atoms with E-state index in [-0.39, 0.29) is 0 Å². The maximum Gasteiger partial charge on any atom is 0.300 e. The number of aryl methyl sites for hydroxylation is 2. The lowest BCUT2D eigenvalue weighted by atomic mass is 9.95. The number of rotatable bonds is 4. The Balaban J connectivity index is 0.000000705. The van der Waals surface area contributed by atoms with Crippen LogP contribution in [0.4, 0.5) is 0 Å². The highest BCUT2D eigenvalue weighted by molar-refractivity contribution is 5.80. The summed E-state index contributed by atoms with van der Waals surface area (Å²) in [5.41, 5.74) is 4.49. The van der Waals surface area contributed by atoms with Gasteiger partial charge in [0.05, 0.1) is 14.2 Å². The molecule has 0 aliphatic rings. The second kappa shape index (κ2) is 8.78. The first-order valence-corrected chi connectivity index (χ1v) is 7.62. The molecule has 0 aromatic heterocycles. The molecule has 0 heterocycles. The van der Waals surface area contributed by atoms with Gasteiger partial charge in [0.15, 0.2) is 11.5 Å². The van der Waals surface area contributed by atoms with Crippen LogP contribution >= 0.6 is 0 Å². The molecule has 2 rings (SSSR count). The van der Waals surface area contributed by atoms with E-state index >= 15 is 0 Å². The summed E-state index contributed by atoms with van der Waals surface area (Å²) in [6, 6.07) is 9.57. The third-order valence-electron chi connectivity index (χ3n) is 3.57. The average Bonchev–Trinajstić information content (AvgIpc) is 2.57. The maximum atomic E-state index is 9.87. The van der Waals surface area contributed by atoms with E-state index in [1.54, 1.807) is 14.2 Å². The Kier molecular flexibility index (Phi) is 7.06. The van der Waals surface area contributed by atoms with Crippen LogP contribution in [0.5, 0.6) is 17.2 Å². The number of methoxy groups -OCH3 is 2. The van der Waals surface area contributed by atoms with Crippen molar-refractivity contribution >= 4 is 11.5 Å². The molecule has 0 aliphatic carbocycles. The summed E-state index contributed by atoms with van der Waals surface area (Å²) in [7, 11) is 3.22. The summed E-state index contributed by atoms with van der Waals surface area (Å²) in [6.45, 7) is 9.01. The second-order valence-electron chi connectivity index (χ2n) is 5.53. The summed E-state index contributed by atoms with van der Waals surface area (Å²) in [5, 5.41) is 17.3. The van der Waals surface area contributed by atoms with Gasteiger partial charge in [-0.25, -0.2) is 0 Å². The molecule has 0 atom stereocenters. The van der Waals surface area contributed by atoms with E-state index in [1.165, 1.54) is 0 Å². The lowest BCUT2D eigenvalue weighted by molar-refractivity contribution is -0.134.